The van der Waals surface area contributed by atoms with Crippen LogP contribution in [0.15, 0.2) is 42.9 Å². The van der Waals surface area contributed by atoms with Crippen LogP contribution in [0.3, 0.4) is 0 Å². The Balaban J connectivity index is 1.50. The van der Waals surface area contributed by atoms with Gasteiger partial charge in [-0.2, -0.15) is 0 Å². The van der Waals surface area contributed by atoms with Gasteiger partial charge >= 0.3 is 6.03 Å². The maximum absolute atomic E-state index is 13.0. The fraction of sp³-hybridized carbons (Fsp3) is 0.182. The molecule has 154 valence electrons. The number of carbonyl (C=O) groups excluding carboxylic acids is 3. The van der Waals surface area contributed by atoms with E-state index in [1.807, 2.05) is 12.1 Å². The van der Waals surface area contributed by atoms with Crippen molar-refractivity contribution in [1.29, 1.82) is 0 Å². The standard InChI is InChI=1S/C22H17N5O4/c1-31-16-3-2-15-11-27(19(28)17(15)8-16)12-22(20(29)25-21(30)26-22)6-4-13-9-23-10-14-5-7-24-18(13)14/h2-3,5,7-10,24H,11-12H2,1H3,(H2,25,26,29,30)/t22-/m1/s1. The molecule has 4 heterocycles. The van der Waals surface area contributed by atoms with Crippen molar-refractivity contribution in [2.45, 2.75) is 12.1 Å². The molecule has 1 saturated heterocycles. The van der Waals surface area contributed by atoms with Crippen molar-refractivity contribution in [2.75, 3.05) is 13.7 Å². The maximum Gasteiger partial charge on any atom is 0.323 e. The van der Waals surface area contributed by atoms with E-state index in [-0.39, 0.29) is 12.5 Å². The van der Waals surface area contributed by atoms with Crippen LogP contribution in [0.4, 0.5) is 4.79 Å². The van der Waals surface area contributed by atoms with Gasteiger partial charge in [-0.3, -0.25) is 19.9 Å². The lowest BCUT2D eigenvalue weighted by molar-refractivity contribution is -0.122. The number of hydrogen-bond acceptors (Lipinski definition) is 5. The van der Waals surface area contributed by atoms with E-state index in [9.17, 15) is 14.4 Å². The van der Waals surface area contributed by atoms with Crippen LogP contribution < -0.4 is 15.4 Å². The number of benzene rings is 1. The number of nitrogens with one attached hydrogen (secondary N) is 3. The molecule has 0 radical (unpaired) electrons. The zero-order chi connectivity index (χ0) is 21.6. The van der Waals surface area contributed by atoms with Gasteiger partial charge in [0, 0.05) is 36.1 Å². The topological polar surface area (TPSA) is 116 Å². The van der Waals surface area contributed by atoms with Gasteiger partial charge in [-0.15, -0.1) is 0 Å². The van der Waals surface area contributed by atoms with Crippen LogP contribution in [0.1, 0.15) is 21.5 Å². The number of ether oxygens (including phenoxy) is 1. The van der Waals surface area contributed by atoms with Crippen LogP contribution in [0.5, 0.6) is 5.75 Å². The summed E-state index contributed by atoms with van der Waals surface area (Å²) in [6.07, 6.45) is 5.05. The van der Waals surface area contributed by atoms with Crippen molar-refractivity contribution < 1.29 is 19.1 Å². The van der Waals surface area contributed by atoms with Crippen LogP contribution >= 0.6 is 0 Å². The highest BCUT2D eigenvalue weighted by atomic mass is 16.5. The molecule has 4 amide bonds. The molecule has 1 atom stereocenters. The Morgan fingerprint density at radius 2 is 2.10 bits per heavy atom. The number of fused-ring (bicyclic) bond motifs is 2. The molecule has 1 aromatic carbocycles. The van der Waals surface area contributed by atoms with Crippen molar-refractivity contribution in [3.63, 3.8) is 0 Å². The van der Waals surface area contributed by atoms with E-state index in [0.29, 0.717) is 23.4 Å². The molecule has 0 aliphatic carbocycles. The highest BCUT2D eigenvalue weighted by Gasteiger charge is 2.48. The van der Waals surface area contributed by atoms with E-state index in [4.69, 9.17) is 4.74 Å². The summed E-state index contributed by atoms with van der Waals surface area (Å²) in [5.41, 5.74) is 1.11. The number of hydrogen-bond donors (Lipinski definition) is 3. The predicted molar refractivity (Wildman–Crippen MR) is 110 cm³/mol. The number of aromatic amines is 1. The number of urea groups is 1. The summed E-state index contributed by atoms with van der Waals surface area (Å²) < 4.78 is 5.20. The highest BCUT2D eigenvalue weighted by Crippen LogP contribution is 2.28. The predicted octanol–water partition coefficient (Wildman–Crippen LogP) is 1.16. The number of rotatable bonds is 3. The smallest absolute Gasteiger partial charge is 0.323 e. The molecule has 0 unspecified atom stereocenters. The van der Waals surface area contributed by atoms with Gasteiger partial charge in [0.1, 0.15) is 5.75 Å². The van der Waals surface area contributed by atoms with Crippen molar-refractivity contribution in [2.24, 2.45) is 0 Å². The number of imide groups is 1. The van der Waals surface area contributed by atoms with Crippen LogP contribution in [0.25, 0.3) is 10.9 Å². The van der Waals surface area contributed by atoms with Crippen LogP contribution in [0, 0.1) is 11.8 Å². The largest absolute Gasteiger partial charge is 0.497 e. The van der Waals surface area contributed by atoms with Gasteiger partial charge in [-0.25, -0.2) is 4.79 Å². The Bertz CT molecular complexity index is 1320. The van der Waals surface area contributed by atoms with Crippen molar-refractivity contribution >= 4 is 28.7 Å². The molecule has 5 rings (SSSR count). The normalized spacial score (nSPS) is 19.6. The van der Waals surface area contributed by atoms with Gasteiger partial charge in [-0.1, -0.05) is 17.9 Å². The van der Waals surface area contributed by atoms with E-state index in [1.165, 1.54) is 12.0 Å². The minimum atomic E-state index is -1.58. The Morgan fingerprint density at radius 1 is 1.23 bits per heavy atom. The molecule has 2 aliphatic rings. The summed E-state index contributed by atoms with van der Waals surface area (Å²) in [4.78, 5) is 46.4. The summed E-state index contributed by atoms with van der Waals surface area (Å²) in [5.74, 6) is 5.58. The molecular weight excluding hydrogens is 398 g/mol. The van der Waals surface area contributed by atoms with Crippen molar-refractivity contribution in [3.05, 3.63) is 59.5 Å². The lowest BCUT2D eigenvalue weighted by Gasteiger charge is -2.26. The molecule has 0 saturated carbocycles. The molecule has 9 nitrogen and oxygen atoms in total. The third kappa shape index (κ3) is 3.05. The molecular formula is C22H17N5O4. The molecule has 1 fully saturated rings. The molecule has 3 N–H and O–H groups in total. The fourth-order valence-electron chi connectivity index (χ4n) is 3.86. The highest BCUT2D eigenvalue weighted by molar-refractivity contribution is 6.10. The molecule has 0 bridgehead atoms. The number of amides is 4. The Kier molecular flexibility index (Phi) is 4.15. The maximum atomic E-state index is 13.0. The van der Waals surface area contributed by atoms with Gasteiger partial charge < -0.3 is 19.9 Å². The van der Waals surface area contributed by atoms with Crippen LogP contribution in [-0.4, -0.2) is 51.9 Å². The lowest BCUT2D eigenvalue weighted by atomic mass is 9.99. The molecule has 9 heteroatoms. The van der Waals surface area contributed by atoms with Gasteiger partial charge in [-0.05, 0) is 23.8 Å². The van der Waals surface area contributed by atoms with Gasteiger partial charge in [0.15, 0.2) is 0 Å². The van der Waals surface area contributed by atoms with E-state index in [1.54, 1.807) is 30.7 Å². The Morgan fingerprint density at radius 3 is 2.87 bits per heavy atom. The van der Waals surface area contributed by atoms with Gasteiger partial charge in [0.2, 0.25) is 5.54 Å². The SMILES string of the molecule is COc1ccc2c(c1)C(=O)N(C[C@@]1(C#Cc3cncc4cc[nH]c34)NC(=O)NC1=O)C2. The molecule has 31 heavy (non-hydrogen) atoms. The van der Waals surface area contributed by atoms with Gasteiger partial charge in [0.25, 0.3) is 11.8 Å². The Labute approximate surface area is 176 Å². The lowest BCUT2D eigenvalue weighted by Crippen LogP contribution is -2.54. The summed E-state index contributed by atoms with van der Waals surface area (Å²) in [6, 6.07) is 6.47. The number of nitrogens with zero attached hydrogens (tertiary/aromatic N) is 2. The second-order valence-electron chi connectivity index (χ2n) is 7.38. The first-order chi connectivity index (χ1) is 15.0. The minimum absolute atomic E-state index is 0.0957. The second-order valence-corrected chi connectivity index (χ2v) is 7.38. The molecule has 2 aliphatic heterocycles. The Hall–Kier alpha value is -4.32. The summed E-state index contributed by atoms with van der Waals surface area (Å²) in [6.45, 7) is 0.208. The monoisotopic (exact) mass is 415 g/mol. The molecule has 3 aromatic rings. The van der Waals surface area contributed by atoms with Crippen LogP contribution in [-0.2, 0) is 11.3 Å². The van der Waals surface area contributed by atoms with E-state index < -0.39 is 17.5 Å². The zero-order valence-electron chi connectivity index (χ0n) is 16.5. The van der Waals surface area contributed by atoms with Crippen molar-refractivity contribution in [1.82, 2.24) is 25.5 Å². The number of H-pyrrole nitrogens is 1. The number of methoxy groups -OCH3 is 1. The summed E-state index contributed by atoms with van der Waals surface area (Å²) in [7, 11) is 1.53. The first kappa shape index (κ1) is 18.7. The number of pyridine rings is 1. The van der Waals surface area contributed by atoms with Gasteiger partial charge in [0.05, 0.1) is 24.7 Å². The quantitative estimate of drug-likeness (QED) is 0.438. The van der Waals surface area contributed by atoms with E-state index in [2.05, 4.69) is 32.4 Å². The summed E-state index contributed by atoms with van der Waals surface area (Å²) in [5, 5.41) is 5.71. The molecule has 0 spiro atoms. The first-order valence-corrected chi connectivity index (χ1v) is 9.53. The van der Waals surface area contributed by atoms with Crippen molar-refractivity contribution in [3.8, 4) is 17.6 Å². The second kappa shape index (κ2) is 6.88. The molecule has 2 aromatic heterocycles. The third-order valence-electron chi connectivity index (χ3n) is 5.44. The number of aromatic nitrogens is 2. The zero-order valence-corrected chi connectivity index (χ0v) is 16.5. The summed E-state index contributed by atoms with van der Waals surface area (Å²) >= 11 is 0. The average molecular weight is 415 g/mol. The first-order valence-electron chi connectivity index (χ1n) is 9.53. The van der Waals surface area contributed by atoms with E-state index >= 15 is 0 Å². The van der Waals surface area contributed by atoms with Crippen LogP contribution in [0.2, 0.25) is 0 Å². The minimum Gasteiger partial charge on any atom is -0.497 e. The number of carbonyl (C=O) groups is 3. The van der Waals surface area contributed by atoms with E-state index in [0.717, 1.165) is 16.5 Å². The third-order valence-corrected chi connectivity index (χ3v) is 5.44. The fourth-order valence-corrected chi connectivity index (χ4v) is 3.86. The average Bonchev–Trinajstić information content (AvgIpc) is 3.43.